The van der Waals surface area contributed by atoms with Crippen molar-refractivity contribution < 1.29 is 27.8 Å². The lowest BCUT2D eigenvalue weighted by molar-refractivity contribution is -0.143. The van der Waals surface area contributed by atoms with Crippen LogP contribution in [0.1, 0.15) is 50.0 Å². The quantitative estimate of drug-likeness (QED) is 0.352. The fraction of sp³-hybridized carbons (Fsp3) is 0.500. The molecule has 2 aromatic rings. The van der Waals surface area contributed by atoms with Crippen LogP contribution in [0.15, 0.2) is 23.6 Å². The fourth-order valence-electron chi connectivity index (χ4n) is 3.43. The predicted octanol–water partition coefficient (Wildman–Crippen LogP) is 5.90. The summed E-state index contributed by atoms with van der Waals surface area (Å²) in [5, 5.41) is 1.90. The number of carbonyl (C=O) groups is 1. The Balaban J connectivity index is 1.65. The van der Waals surface area contributed by atoms with Crippen LogP contribution in [-0.2, 0) is 14.3 Å². The maximum absolute atomic E-state index is 14.4. The lowest BCUT2D eigenvalue weighted by atomic mass is 9.80. The van der Waals surface area contributed by atoms with Crippen molar-refractivity contribution in [3.05, 3.63) is 40.1 Å². The molecule has 3 rings (SSSR count). The standard InChI is InChI=1S/C22H26F2O4S/c1-3-27-20(25)8-5-9-28-22-17(23)10-15(11-18(22)24)16-12-19(29-13-16)21(26-2)14-6-4-7-14/h10-14,21H,3-9H2,1-2H3. The van der Waals surface area contributed by atoms with Crippen LogP contribution in [0.3, 0.4) is 0 Å². The largest absolute Gasteiger partial charge is 0.488 e. The summed E-state index contributed by atoms with van der Waals surface area (Å²) < 4.78 is 44.6. The van der Waals surface area contributed by atoms with E-state index in [2.05, 4.69) is 0 Å². The van der Waals surface area contributed by atoms with E-state index >= 15 is 0 Å². The lowest BCUT2D eigenvalue weighted by Crippen LogP contribution is -2.20. The molecule has 7 heteroatoms. The van der Waals surface area contributed by atoms with Crippen LogP contribution in [0, 0.1) is 17.6 Å². The third kappa shape index (κ3) is 5.34. The van der Waals surface area contributed by atoms with Crippen LogP contribution in [-0.4, -0.2) is 26.3 Å². The molecule has 0 aliphatic heterocycles. The maximum Gasteiger partial charge on any atom is 0.305 e. The highest BCUT2D eigenvalue weighted by molar-refractivity contribution is 7.10. The molecule has 0 spiro atoms. The van der Waals surface area contributed by atoms with Crippen molar-refractivity contribution in [2.45, 2.75) is 45.1 Å². The molecular weight excluding hydrogens is 398 g/mol. The van der Waals surface area contributed by atoms with Crippen LogP contribution in [0.2, 0.25) is 0 Å². The molecule has 29 heavy (non-hydrogen) atoms. The summed E-state index contributed by atoms with van der Waals surface area (Å²) in [7, 11) is 1.70. The Morgan fingerprint density at radius 1 is 1.21 bits per heavy atom. The van der Waals surface area contributed by atoms with Gasteiger partial charge in [0, 0.05) is 18.4 Å². The van der Waals surface area contributed by atoms with Crippen LogP contribution < -0.4 is 4.74 Å². The molecule has 1 fully saturated rings. The topological polar surface area (TPSA) is 44.8 Å². The Morgan fingerprint density at radius 2 is 1.93 bits per heavy atom. The monoisotopic (exact) mass is 424 g/mol. The molecule has 158 valence electrons. The highest BCUT2D eigenvalue weighted by atomic mass is 32.1. The molecule has 0 bridgehead atoms. The summed E-state index contributed by atoms with van der Waals surface area (Å²) in [6, 6.07) is 4.51. The molecule has 1 aromatic heterocycles. The van der Waals surface area contributed by atoms with Crippen molar-refractivity contribution in [3.63, 3.8) is 0 Å². The maximum atomic E-state index is 14.4. The van der Waals surface area contributed by atoms with E-state index in [4.69, 9.17) is 14.2 Å². The Kier molecular flexibility index (Phi) is 7.61. The minimum absolute atomic E-state index is 0.0332. The lowest BCUT2D eigenvalue weighted by Gasteiger charge is -2.32. The number of rotatable bonds is 10. The number of thiophene rings is 1. The number of hydrogen-bond donors (Lipinski definition) is 0. The van der Waals surface area contributed by atoms with Gasteiger partial charge in [-0.25, -0.2) is 8.78 Å². The average molecular weight is 425 g/mol. The normalized spacial score (nSPS) is 15.0. The van der Waals surface area contributed by atoms with Gasteiger partial charge in [-0.05, 0) is 66.8 Å². The van der Waals surface area contributed by atoms with Crippen LogP contribution in [0.5, 0.6) is 5.75 Å². The molecule has 0 radical (unpaired) electrons. The fourth-order valence-corrected chi connectivity index (χ4v) is 4.51. The van der Waals surface area contributed by atoms with E-state index in [0.29, 0.717) is 24.5 Å². The SMILES string of the molecule is CCOC(=O)CCCOc1c(F)cc(-c2csc(C(OC)C3CCC3)c2)cc1F. The summed E-state index contributed by atoms with van der Waals surface area (Å²) in [6.45, 7) is 2.06. The van der Waals surface area contributed by atoms with Gasteiger partial charge in [0.2, 0.25) is 0 Å². The van der Waals surface area contributed by atoms with Gasteiger partial charge < -0.3 is 14.2 Å². The molecule has 1 aromatic carbocycles. The molecule has 1 atom stereocenters. The molecule has 0 amide bonds. The first-order valence-electron chi connectivity index (χ1n) is 9.92. The molecule has 1 heterocycles. The Morgan fingerprint density at radius 3 is 2.52 bits per heavy atom. The molecule has 4 nitrogen and oxygen atoms in total. The molecule has 1 aliphatic rings. The first kappa shape index (κ1) is 21.7. The second-order valence-electron chi connectivity index (χ2n) is 7.11. The molecule has 1 unspecified atom stereocenters. The molecule has 0 saturated heterocycles. The average Bonchev–Trinajstić information content (AvgIpc) is 3.13. The number of methoxy groups -OCH3 is 1. The van der Waals surface area contributed by atoms with Gasteiger partial charge in [0.15, 0.2) is 17.4 Å². The molecular formula is C22H26F2O4S. The highest BCUT2D eigenvalue weighted by Crippen LogP contribution is 2.43. The number of carbonyl (C=O) groups excluding carboxylic acids is 1. The van der Waals surface area contributed by atoms with E-state index in [1.165, 1.54) is 18.6 Å². The van der Waals surface area contributed by atoms with E-state index in [0.717, 1.165) is 23.3 Å². The smallest absolute Gasteiger partial charge is 0.305 e. The van der Waals surface area contributed by atoms with Crippen molar-refractivity contribution >= 4 is 17.3 Å². The number of ether oxygens (including phenoxy) is 3. The van der Waals surface area contributed by atoms with Crippen molar-refractivity contribution in [1.29, 1.82) is 0 Å². The second kappa shape index (κ2) is 10.2. The van der Waals surface area contributed by atoms with E-state index in [1.54, 1.807) is 25.4 Å². The van der Waals surface area contributed by atoms with Gasteiger partial charge in [-0.3, -0.25) is 4.79 Å². The van der Waals surface area contributed by atoms with Gasteiger partial charge >= 0.3 is 5.97 Å². The summed E-state index contributed by atoms with van der Waals surface area (Å²) in [4.78, 5) is 12.4. The highest BCUT2D eigenvalue weighted by Gasteiger charge is 2.29. The van der Waals surface area contributed by atoms with E-state index in [9.17, 15) is 13.6 Å². The van der Waals surface area contributed by atoms with Gasteiger partial charge in [-0.2, -0.15) is 0 Å². The summed E-state index contributed by atoms with van der Waals surface area (Å²) >= 11 is 1.55. The van der Waals surface area contributed by atoms with E-state index in [-0.39, 0.29) is 25.1 Å². The Labute approximate surface area is 173 Å². The van der Waals surface area contributed by atoms with Crippen molar-refractivity contribution in [2.75, 3.05) is 20.3 Å². The van der Waals surface area contributed by atoms with Crippen molar-refractivity contribution in [2.24, 2.45) is 5.92 Å². The zero-order valence-electron chi connectivity index (χ0n) is 16.7. The first-order valence-corrected chi connectivity index (χ1v) is 10.8. The first-order chi connectivity index (χ1) is 14.0. The number of halogens is 2. The zero-order valence-corrected chi connectivity index (χ0v) is 17.5. The predicted molar refractivity (Wildman–Crippen MR) is 108 cm³/mol. The van der Waals surface area contributed by atoms with Gasteiger partial charge in [0.05, 0.1) is 19.3 Å². The van der Waals surface area contributed by atoms with Gasteiger partial charge in [0.25, 0.3) is 0 Å². The third-order valence-electron chi connectivity index (χ3n) is 5.14. The third-order valence-corrected chi connectivity index (χ3v) is 6.13. The molecule has 0 N–H and O–H groups in total. The summed E-state index contributed by atoms with van der Waals surface area (Å²) in [6.07, 6.45) is 4.04. The van der Waals surface area contributed by atoms with Crippen molar-refractivity contribution in [3.8, 4) is 16.9 Å². The molecule has 1 aliphatic carbocycles. The summed E-state index contributed by atoms with van der Waals surface area (Å²) in [5.74, 6) is -1.77. The number of hydrogen-bond acceptors (Lipinski definition) is 5. The minimum atomic E-state index is -0.758. The van der Waals surface area contributed by atoms with Crippen molar-refractivity contribution in [1.82, 2.24) is 0 Å². The number of esters is 1. The Bertz CT molecular complexity index is 809. The van der Waals surface area contributed by atoms with Crippen LogP contribution in [0.4, 0.5) is 8.78 Å². The van der Waals surface area contributed by atoms with E-state index < -0.39 is 17.4 Å². The van der Waals surface area contributed by atoms with E-state index in [1.807, 2.05) is 11.4 Å². The van der Waals surface area contributed by atoms with Gasteiger partial charge in [0.1, 0.15) is 0 Å². The van der Waals surface area contributed by atoms with Crippen LogP contribution >= 0.6 is 11.3 Å². The second-order valence-corrected chi connectivity index (χ2v) is 8.05. The zero-order chi connectivity index (χ0) is 20.8. The molecule has 1 saturated carbocycles. The Hall–Kier alpha value is -1.99. The summed E-state index contributed by atoms with van der Waals surface area (Å²) in [5.41, 5.74) is 1.22. The minimum Gasteiger partial charge on any atom is -0.488 e. The number of benzene rings is 1. The van der Waals surface area contributed by atoms with Crippen LogP contribution in [0.25, 0.3) is 11.1 Å². The van der Waals surface area contributed by atoms with Gasteiger partial charge in [-0.1, -0.05) is 6.42 Å². The van der Waals surface area contributed by atoms with Gasteiger partial charge in [-0.15, -0.1) is 11.3 Å².